The average Bonchev–Trinajstić information content (AvgIpc) is 3.38. The van der Waals surface area contributed by atoms with E-state index >= 15 is 0 Å². The number of nitrogens with zero attached hydrogens (tertiary/aromatic N) is 3. The third-order valence-electron chi connectivity index (χ3n) is 4.80. The monoisotopic (exact) mass is 435 g/mol. The van der Waals surface area contributed by atoms with Crippen LogP contribution in [0.4, 0.5) is 5.13 Å². The van der Waals surface area contributed by atoms with Crippen LogP contribution in [0.5, 0.6) is 5.75 Å². The lowest BCUT2D eigenvalue weighted by molar-refractivity contribution is -0.122. The number of rotatable bonds is 5. The molecule has 0 unspecified atom stereocenters. The van der Waals surface area contributed by atoms with Crippen LogP contribution >= 0.6 is 23.1 Å². The van der Waals surface area contributed by atoms with Gasteiger partial charge in [0.15, 0.2) is 5.17 Å². The van der Waals surface area contributed by atoms with Gasteiger partial charge in [-0.1, -0.05) is 42.5 Å². The van der Waals surface area contributed by atoms with Crippen LogP contribution in [-0.2, 0) is 4.79 Å². The average molecular weight is 436 g/mol. The molecule has 5 nitrogen and oxygen atoms in total. The number of thioether (sulfide) groups is 1. The predicted octanol–water partition coefficient (Wildman–Crippen LogP) is 5.83. The van der Waals surface area contributed by atoms with Crippen molar-refractivity contribution in [3.8, 4) is 17.0 Å². The Morgan fingerprint density at radius 1 is 1.13 bits per heavy atom. The number of hydrogen-bond donors (Lipinski definition) is 0. The Labute approximate surface area is 184 Å². The highest BCUT2D eigenvalue weighted by Crippen LogP contribution is 2.38. The maximum Gasteiger partial charge on any atom is 0.267 e. The second-order valence-electron chi connectivity index (χ2n) is 6.61. The van der Waals surface area contributed by atoms with Crippen LogP contribution < -0.4 is 4.74 Å². The Kier molecular flexibility index (Phi) is 6.01. The Hall–Kier alpha value is -2.90. The zero-order valence-corrected chi connectivity index (χ0v) is 18.6. The van der Waals surface area contributed by atoms with Gasteiger partial charge in [0.2, 0.25) is 5.13 Å². The van der Waals surface area contributed by atoms with Gasteiger partial charge >= 0.3 is 0 Å². The molecule has 0 atom stereocenters. The Bertz CT molecular complexity index is 1120. The first-order valence-corrected chi connectivity index (χ1v) is 11.2. The van der Waals surface area contributed by atoms with E-state index in [1.165, 1.54) is 23.1 Å². The molecule has 0 aliphatic carbocycles. The predicted molar refractivity (Wildman–Crippen MR) is 125 cm³/mol. The number of methoxy groups -OCH3 is 1. The number of ether oxygens (including phenoxy) is 1. The summed E-state index contributed by atoms with van der Waals surface area (Å²) in [6.45, 7) is 4.48. The topological polar surface area (TPSA) is 54.8 Å². The highest BCUT2D eigenvalue weighted by Gasteiger charge is 2.34. The molecular formula is C23H21N3O2S2. The van der Waals surface area contributed by atoms with Gasteiger partial charge in [0, 0.05) is 17.5 Å². The van der Waals surface area contributed by atoms with E-state index < -0.39 is 0 Å². The minimum absolute atomic E-state index is 0.0191. The highest BCUT2D eigenvalue weighted by atomic mass is 32.2. The summed E-state index contributed by atoms with van der Waals surface area (Å²) in [5.74, 6) is 0.770. The number of aromatic nitrogens is 1. The molecule has 1 amide bonds. The standard InChI is InChI=1S/C23H21N3O2S2/c1-4-26-21(27)20(15(2)16-10-12-18(28-3)13-11-16)30-23(26)25-22-24-19(14-29-22)17-8-6-5-7-9-17/h5-14H,4H2,1-3H3/b20-15-,25-23+. The summed E-state index contributed by atoms with van der Waals surface area (Å²) in [4.78, 5) is 24.8. The lowest BCUT2D eigenvalue weighted by atomic mass is 10.1. The second-order valence-corrected chi connectivity index (χ2v) is 8.42. The zero-order chi connectivity index (χ0) is 21.1. The number of aliphatic imine (C=N–C) groups is 1. The Morgan fingerprint density at radius 2 is 1.87 bits per heavy atom. The molecule has 1 saturated heterocycles. The third kappa shape index (κ3) is 4.04. The number of carbonyl (C=O) groups is 1. The number of hydrogen-bond acceptors (Lipinski definition) is 6. The summed E-state index contributed by atoms with van der Waals surface area (Å²) in [5, 5.41) is 3.30. The van der Waals surface area contributed by atoms with Crippen molar-refractivity contribution in [1.29, 1.82) is 0 Å². The van der Waals surface area contributed by atoms with E-state index in [1.54, 1.807) is 12.0 Å². The SMILES string of the molecule is CCN1C(=O)/C(=C(\C)c2ccc(OC)cc2)S/C1=N/c1nc(-c2ccccc2)cs1. The maximum atomic E-state index is 13.0. The normalized spacial score (nSPS) is 17.0. The van der Waals surface area contributed by atoms with Gasteiger partial charge in [0.1, 0.15) is 5.75 Å². The summed E-state index contributed by atoms with van der Waals surface area (Å²) in [6.07, 6.45) is 0. The van der Waals surface area contributed by atoms with Crippen molar-refractivity contribution < 1.29 is 9.53 Å². The van der Waals surface area contributed by atoms with Crippen molar-refractivity contribution >= 4 is 44.9 Å². The first-order chi connectivity index (χ1) is 14.6. The van der Waals surface area contributed by atoms with E-state index in [-0.39, 0.29) is 5.91 Å². The quantitative estimate of drug-likeness (QED) is 0.473. The van der Waals surface area contributed by atoms with Gasteiger partial charge < -0.3 is 4.74 Å². The van der Waals surface area contributed by atoms with Crippen molar-refractivity contribution in [2.45, 2.75) is 13.8 Å². The number of benzene rings is 2. The third-order valence-corrected chi connectivity index (χ3v) is 6.71. The molecule has 1 aliphatic heterocycles. The van der Waals surface area contributed by atoms with Crippen molar-refractivity contribution in [2.75, 3.05) is 13.7 Å². The van der Waals surface area contributed by atoms with E-state index in [9.17, 15) is 4.79 Å². The van der Waals surface area contributed by atoms with E-state index in [2.05, 4.69) is 4.98 Å². The molecule has 0 saturated carbocycles. The van der Waals surface area contributed by atoms with Gasteiger partial charge in [-0.3, -0.25) is 9.69 Å². The number of allylic oxidation sites excluding steroid dienone is 1. The van der Waals surface area contributed by atoms with E-state index in [0.29, 0.717) is 21.7 Å². The number of amidine groups is 1. The summed E-state index contributed by atoms with van der Waals surface area (Å²) in [5.41, 5.74) is 3.87. The fraction of sp³-hybridized carbons (Fsp3) is 0.174. The zero-order valence-electron chi connectivity index (χ0n) is 17.0. The van der Waals surface area contributed by atoms with Crippen molar-refractivity contribution in [1.82, 2.24) is 9.88 Å². The van der Waals surface area contributed by atoms with Gasteiger partial charge in [0.05, 0.1) is 17.7 Å². The lowest BCUT2D eigenvalue weighted by Gasteiger charge is -2.11. The fourth-order valence-electron chi connectivity index (χ4n) is 3.11. The molecule has 7 heteroatoms. The van der Waals surface area contributed by atoms with Gasteiger partial charge in [-0.05, 0) is 48.9 Å². The molecule has 1 aromatic heterocycles. The highest BCUT2D eigenvalue weighted by molar-refractivity contribution is 8.18. The van der Waals surface area contributed by atoms with Gasteiger partial charge in [-0.25, -0.2) is 4.98 Å². The molecule has 0 radical (unpaired) electrons. The van der Waals surface area contributed by atoms with Gasteiger partial charge in [-0.15, -0.1) is 11.3 Å². The maximum absolute atomic E-state index is 13.0. The lowest BCUT2D eigenvalue weighted by Crippen LogP contribution is -2.28. The largest absolute Gasteiger partial charge is 0.497 e. The summed E-state index contributed by atoms with van der Waals surface area (Å²) in [7, 11) is 1.64. The smallest absolute Gasteiger partial charge is 0.267 e. The summed E-state index contributed by atoms with van der Waals surface area (Å²) < 4.78 is 5.23. The molecule has 2 heterocycles. The number of thiazole rings is 1. The Morgan fingerprint density at radius 3 is 2.53 bits per heavy atom. The molecule has 0 N–H and O–H groups in total. The van der Waals surface area contributed by atoms with Crippen LogP contribution in [0.25, 0.3) is 16.8 Å². The number of amides is 1. The first kappa shape index (κ1) is 20.4. The molecule has 152 valence electrons. The molecular weight excluding hydrogens is 414 g/mol. The molecule has 2 aromatic carbocycles. The molecule has 4 rings (SSSR count). The van der Waals surface area contributed by atoms with E-state index in [0.717, 1.165) is 28.1 Å². The molecule has 30 heavy (non-hydrogen) atoms. The number of carbonyl (C=O) groups excluding carboxylic acids is 1. The molecule has 3 aromatic rings. The van der Waals surface area contributed by atoms with Crippen LogP contribution in [0.3, 0.4) is 0 Å². The summed E-state index contributed by atoms with van der Waals surface area (Å²) in [6, 6.07) is 17.7. The van der Waals surface area contributed by atoms with Crippen molar-refractivity contribution in [3.05, 3.63) is 70.4 Å². The molecule has 1 fully saturated rings. The Balaban J connectivity index is 1.64. The van der Waals surface area contributed by atoms with E-state index in [4.69, 9.17) is 9.73 Å². The van der Waals surface area contributed by atoms with Crippen LogP contribution in [0.15, 0.2) is 69.9 Å². The second kappa shape index (κ2) is 8.85. The summed E-state index contributed by atoms with van der Waals surface area (Å²) >= 11 is 2.88. The van der Waals surface area contributed by atoms with Crippen molar-refractivity contribution in [3.63, 3.8) is 0 Å². The fourth-order valence-corrected chi connectivity index (χ4v) is 4.97. The van der Waals surface area contributed by atoms with Crippen LogP contribution in [0.2, 0.25) is 0 Å². The molecule has 1 aliphatic rings. The number of likely N-dealkylation sites (N-methyl/N-ethyl adjacent to an activating group) is 1. The molecule has 0 spiro atoms. The molecule has 0 bridgehead atoms. The van der Waals surface area contributed by atoms with Crippen molar-refractivity contribution in [2.24, 2.45) is 4.99 Å². The van der Waals surface area contributed by atoms with Crippen LogP contribution in [-0.4, -0.2) is 34.6 Å². The minimum Gasteiger partial charge on any atom is -0.497 e. The van der Waals surface area contributed by atoms with Crippen LogP contribution in [0.1, 0.15) is 19.4 Å². The first-order valence-electron chi connectivity index (χ1n) is 9.55. The van der Waals surface area contributed by atoms with E-state index in [1.807, 2.05) is 73.8 Å². The van der Waals surface area contributed by atoms with Crippen LogP contribution in [0, 0.1) is 0 Å². The van der Waals surface area contributed by atoms with Gasteiger partial charge in [-0.2, -0.15) is 4.99 Å². The minimum atomic E-state index is -0.0191. The van der Waals surface area contributed by atoms with Gasteiger partial charge in [0.25, 0.3) is 5.91 Å².